The van der Waals surface area contributed by atoms with E-state index in [0.717, 1.165) is 37.7 Å². The van der Waals surface area contributed by atoms with Crippen molar-refractivity contribution in [1.82, 2.24) is 0 Å². The summed E-state index contributed by atoms with van der Waals surface area (Å²) in [6.07, 6.45) is 5.55. The van der Waals surface area contributed by atoms with E-state index in [2.05, 4.69) is 6.92 Å². The van der Waals surface area contributed by atoms with E-state index in [1.807, 2.05) is 25.1 Å². The van der Waals surface area contributed by atoms with Crippen LogP contribution in [0.25, 0.3) is 0 Å². The molecule has 2 rings (SSSR count). The molecular weight excluding hydrogens is 344 g/mol. The Bertz CT molecular complexity index is 606. The molecule has 0 aliphatic carbocycles. The normalized spacial score (nSPS) is 19.4. The van der Waals surface area contributed by atoms with Crippen LogP contribution in [0.3, 0.4) is 0 Å². The zero-order valence-electron chi connectivity index (χ0n) is 16.5. The number of ether oxygens (including phenoxy) is 2. The van der Waals surface area contributed by atoms with E-state index in [9.17, 15) is 14.7 Å². The van der Waals surface area contributed by atoms with Crippen LogP contribution in [-0.2, 0) is 20.7 Å². The summed E-state index contributed by atoms with van der Waals surface area (Å²) in [4.78, 5) is 25.1. The summed E-state index contributed by atoms with van der Waals surface area (Å²) in [6.45, 7) is 4.76. The van der Waals surface area contributed by atoms with Gasteiger partial charge in [-0.1, -0.05) is 44.9 Å². The maximum atomic E-state index is 13.2. The Morgan fingerprint density at radius 1 is 1.22 bits per heavy atom. The molecule has 150 valence electrons. The van der Waals surface area contributed by atoms with Crippen LogP contribution in [0.2, 0.25) is 0 Å². The standard InChI is InChI=1S/C22H32O5/c1-3-8-16-10-7-11-17(14-16)21(23)19(18(9-4-2)22(24)25)15-27-20-12-5-6-13-26-20/h7,10-11,14,18-20H,3-6,8-9,12-13,15H2,1-2H3,(H,24,25). The summed E-state index contributed by atoms with van der Waals surface area (Å²) < 4.78 is 11.4. The third-order valence-electron chi connectivity index (χ3n) is 5.09. The van der Waals surface area contributed by atoms with Crippen LogP contribution in [-0.4, -0.2) is 36.4 Å². The van der Waals surface area contributed by atoms with E-state index < -0.39 is 17.8 Å². The van der Waals surface area contributed by atoms with E-state index in [1.165, 1.54) is 0 Å². The van der Waals surface area contributed by atoms with Gasteiger partial charge < -0.3 is 14.6 Å². The number of hydrogen-bond acceptors (Lipinski definition) is 4. The Labute approximate surface area is 162 Å². The molecule has 0 amide bonds. The quantitative estimate of drug-likeness (QED) is 0.576. The van der Waals surface area contributed by atoms with Crippen LogP contribution < -0.4 is 0 Å². The van der Waals surface area contributed by atoms with Crippen molar-refractivity contribution < 1.29 is 24.2 Å². The molecule has 1 heterocycles. The predicted octanol–water partition coefficient (Wildman–Crippen LogP) is 4.48. The van der Waals surface area contributed by atoms with Gasteiger partial charge in [0.25, 0.3) is 0 Å². The molecule has 3 unspecified atom stereocenters. The molecule has 1 fully saturated rings. The van der Waals surface area contributed by atoms with Crippen LogP contribution in [0.15, 0.2) is 24.3 Å². The minimum Gasteiger partial charge on any atom is -0.481 e. The first-order valence-electron chi connectivity index (χ1n) is 10.2. The fourth-order valence-corrected chi connectivity index (χ4v) is 3.62. The third-order valence-corrected chi connectivity index (χ3v) is 5.09. The van der Waals surface area contributed by atoms with Crippen molar-refractivity contribution in [2.24, 2.45) is 11.8 Å². The van der Waals surface area contributed by atoms with Crippen LogP contribution in [0.1, 0.15) is 68.3 Å². The molecule has 1 aromatic rings. The van der Waals surface area contributed by atoms with Gasteiger partial charge in [0.2, 0.25) is 0 Å². The highest BCUT2D eigenvalue weighted by Gasteiger charge is 2.34. The lowest BCUT2D eigenvalue weighted by Gasteiger charge is -2.27. The Morgan fingerprint density at radius 2 is 2.04 bits per heavy atom. The molecule has 0 radical (unpaired) electrons. The third kappa shape index (κ3) is 6.43. The van der Waals surface area contributed by atoms with E-state index in [-0.39, 0.29) is 18.7 Å². The molecule has 0 spiro atoms. The predicted molar refractivity (Wildman–Crippen MR) is 104 cm³/mol. The van der Waals surface area contributed by atoms with Gasteiger partial charge in [-0.2, -0.15) is 0 Å². The average molecular weight is 376 g/mol. The van der Waals surface area contributed by atoms with Crippen molar-refractivity contribution >= 4 is 11.8 Å². The van der Waals surface area contributed by atoms with E-state index in [1.54, 1.807) is 6.07 Å². The van der Waals surface area contributed by atoms with Crippen LogP contribution >= 0.6 is 0 Å². The monoisotopic (exact) mass is 376 g/mol. The number of aliphatic carboxylic acids is 1. The molecule has 1 aliphatic rings. The van der Waals surface area contributed by atoms with E-state index in [0.29, 0.717) is 25.0 Å². The number of aryl methyl sites for hydroxylation is 1. The van der Waals surface area contributed by atoms with E-state index in [4.69, 9.17) is 9.47 Å². The first-order chi connectivity index (χ1) is 13.1. The van der Waals surface area contributed by atoms with E-state index >= 15 is 0 Å². The maximum Gasteiger partial charge on any atom is 0.307 e. The number of rotatable bonds is 11. The fraction of sp³-hybridized carbons (Fsp3) is 0.636. The first-order valence-corrected chi connectivity index (χ1v) is 10.2. The van der Waals surface area contributed by atoms with Crippen LogP contribution in [0.4, 0.5) is 0 Å². The number of carbonyl (C=O) groups is 2. The molecule has 0 bridgehead atoms. The lowest BCUT2D eigenvalue weighted by molar-refractivity contribution is -0.172. The number of carbonyl (C=O) groups excluding carboxylic acids is 1. The highest BCUT2D eigenvalue weighted by molar-refractivity contribution is 6.00. The molecular formula is C22H32O5. The lowest BCUT2D eigenvalue weighted by Crippen LogP contribution is -2.36. The van der Waals surface area contributed by atoms with Crippen LogP contribution in [0.5, 0.6) is 0 Å². The van der Waals surface area contributed by atoms with Gasteiger partial charge in [0.15, 0.2) is 12.1 Å². The molecule has 1 saturated heterocycles. The molecule has 3 atom stereocenters. The van der Waals surface area contributed by atoms with Crippen LogP contribution in [0, 0.1) is 11.8 Å². The first kappa shape index (κ1) is 21.6. The molecule has 27 heavy (non-hydrogen) atoms. The van der Waals surface area contributed by atoms with Gasteiger partial charge in [-0.15, -0.1) is 0 Å². The summed E-state index contributed by atoms with van der Waals surface area (Å²) in [6, 6.07) is 7.54. The van der Waals surface area contributed by atoms with Crippen molar-refractivity contribution in [3.05, 3.63) is 35.4 Å². The van der Waals surface area contributed by atoms with Gasteiger partial charge in [0.1, 0.15) is 0 Å². The van der Waals surface area contributed by atoms with Gasteiger partial charge in [-0.05, 0) is 43.7 Å². The maximum absolute atomic E-state index is 13.2. The van der Waals surface area contributed by atoms with Crippen molar-refractivity contribution in [3.8, 4) is 0 Å². The topological polar surface area (TPSA) is 72.8 Å². The number of benzene rings is 1. The summed E-state index contributed by atoms with van der Waals surface area (Å²) >= 11 is 0. The largest absolute Gasteiger partial charge is 0.481 e. The highest BCUT2D eigenvalue weighted by Crippen LogP contribution is 2.26. The van der Waals surface area contributed by atoms with Gasteiger partial charge >= 0.3 is 5.97 Å². The molecule has 5 nitrogen and oxygen atoms in total. The van der Waals surface area contributed by atoms with Gasteiger partial charge in [-0.25, -0.2) is 0 Å². The number of hydrogen-bond donors (Lipinski definition) is 1. The summed E-state index contributed by atoms with van der Waals surface area (Å²) in [5, 5.41) is 9.71. The molecule has 0 aromatic heterocycles. The second kappa shape index (κ2) is 11.2. The number of carboxylic acids is 1. The van der Waals surface area contributed by atoms with Gasteiger partial charge in [0, 0.05) is 12.2 Å². The van der Waals surface area contributed by atoms with Crippen molar-refractivity contribution in [2.75, 3.05) is 13.2 Å². The average Bonchev–Trinajstić information content (AvgIpc) is 2.68. The molecule has 1 aliphatic heterocycles. The summed E-state index contributed by atoms with van der Waals surface area (Å²) in [7, 11) is 0. The zero-order chi connectivity index (χ0) is 19.6. The minimum atomic E-state index is -0.937. The second-order valence-electron chi connectivity index (χ2n) is 7.28. The van der Waals surface area contributed by atoms with Gasteiger partial charge in [-0.3, -0.25) is 9.59 Å². The smallest absolute Gasteiger partial charge is 0.307 e. The second-order valence-corrected chi connectivity index (χ2v) is 7.28. The summed E-state index contributed by atoms with van der Waals surface area (Å²) in [5.74, 6) is -2.54. The minimum absolute atomic E-state index is 0.0818. The molecule has 5 heteroatoms. The Hall–Kier alpha value is -1.72. The van der Waals surface area contributed by atoms with Gasteiger partial charge in [0.05, 0.1) is 18.4 Å². The molecule has 0 saturated carbocycles. The number of Topliss-reactive ketones (excluding diaryl/α,β-unsaturated/α-hetero) is 1. The Kier molecular flexibility index (Phi) is 8.95. The molecule has 1 aromatic carbocycles. The molecule has 1 N–H and O–H groups in total. The lowest BCUT2D eigenvalue weighted by atomic mass is 9.83. The SMILES string of the molecule is CCCc1cccc(C(=O)C(COC2CCCCO2)C(CCC)C(=O)O)c1. The fourth-order valence-electron chi connectivity index (χ4n) is 3.62. The van der Waals surface area contributed by atoms with Crippen molar-refractivity contribution in [3.63, 3.8) is 0 Å². The van der Waals surface area contributed by atoms with Crippen molar-refractivity contribution in [2.45, 2.75) is 65.1 Å². The zero-order valence-corrected chi connectivity index (χ0v) is 16.5. The Balaban J connectivity index is 2.19. The number of ketones is 1. The Morgan fingerprint density at radius 3 is 2.67 bits per heavy atom. The summed E-state index contributed by atoms with van der Waals surface area (Å²) in [5.41, 5.74) is 1.67. The highest BCUT2D eigenvalue weighted by atomic mass is 16.7. The van der Waals surface area contributed by atoms with Crippen molar-refractivity contribution in [1.29, 1.82) is 0 Å². The number of carboxylic acid groups (broad SMARTS) is 1.